The van der Waals surface area contributed by atoms with Gasteiger partial charge in [-0.2, -0.15) is 0 Å². The molecule has 0 saturated heterocycles. The number of allylic oxidation sites excluding steroid dienone is 1. The summed E-state index contributed by atoms with van der Waals surface area (Å²) in [5, 5.41) is 7.02. The van der Waals surface area contributed by atoms with Crippen molar-refractivity contribution in [3.63, 3.8) is 0 Å². The van der Waals surface area contributed by atoms with Crippen LogP contribution in [-0.4, -0.2) is 35.1 Å². The molecular formula is C26H32N4O3. The molecule has 0 fully saturated rings. The average molecular weight is 449 g/mol. The van der Waals surface area contributed by atoms with Crippen molar-refractivity contribution in [1.29, 1.82) is 0 Å². The van der Waals surface area contributed by atoms with Crippen molar-refractivity contribution in [3.8, 4) is 0 Å². The Morgan fingerprint density at radius 1 is 1.21 bits per heavy atom. The molecule has 174 valence electrons. The molecule has 0 aliphatic rings. The number of anilines is 2. The van der Waals surface area contributed by atoms with Crippen LogP contribution in [-0.2, 0) is 22.5 Å². The van der Waals surface area contributed by atoms with Crippen LogP contribution in [0.15, 0.2) is 54.2 Å². The SMILES string of the molecule is C/C=C(\C)CNc1cnc2c(c1)c(NC(=O)Cc1ccccc1)c(C(=O)OC)n2CC(C)C. The molecule has 0 spiro atoms. The van der Waals surface area contributed by atoms with Gasteiger partial charge in [-0.15, -0.1) is 0 Å². The highest BCUT2D eigenvalue weighted by atomic mass is 16.5. The number of methoxy groups -OCH3 is 1. The second kappa shape index (κ2) is 10.8. The number of nitrogens with zero attached hydrogens (tertiary/aromatic N) is 2. The van der Waals surface area contributed by atoms with E-state index < -0.39 is 5.97 Å². The van der Waals surface area contributed by atoms with Gasteiger partial charge in [0.15, 0.2) is 5.69 Å². The number of amides is 1. The molecule has 3 rings (SSSR count). The minimum atomic E-state index is -0.511. The van der Waals surface area contributed by atoms with Crippen molar-refractivity contribution in [2.45, 2.75) is 40.7 Å². The van der Waals surface area contributed by atoms with Crippen LogP contribution in [0.5, 0.6) is 0 Å². The lowest BCUT2D eigenvalue weighted by molar-refractivity contribution is -0.115. The van der Waals surface area contributed by atoms with E-state index in [0.29, 0.717) is 35.5 Å². The quantitative estimate of drug-likeness (QED) is 0.354. The fraction of sp³-hybridized carbons (Fsp3) is 0.346. The van der Waals surface area contributed by atoms with Gasteiger partial charge >= 0.3 is 5.97 Å². The van der Waals surface area contributed by atoms with Gasteiger partial charge in [0.25, 0.3) is 0 Å². The average Bonchev–Trinajstić information content (AvgIpc) is 3.09. The molecule has 0 aliphatic carbocycles. The normalized spacial score (nSPS) is 11.6. The minimum Gasteiger partial charge on any atom is -0.464 e. The van der Waals surface area contributed by atoms with E-state index in [1.54, 1.807) is 6.20 Å². The maximum atomic E-state index is 12.9. The van der Waals surface area contributed by atoms with Crippen LogP contribution in [0.25, 0.3) is 11.0 Å². The fourth-order valence-corrected chi connectivity index (χ4v) is 3.61. The van der Waals surface area contributed by atoms with E-state index in [9.17, 15) is 9.59 Å². The highest BCUT2D eigenvalue weighted by molar-refractivity contribution is 6.11. The molecule has 0 unspecified atom stereocenters. The maximum Gasteiger partial charge on any atom is 0.356 e. The number of esters is 1. The zero-order valence-corrected chi connectivity index (χ0v) is 19.9. The molecule has 3 aromatic rings. The maximum absolute atomic E-state index is 12.9. The molecule has 7 heteroatoms. The summed E-state index contributed by atoms with van der Waals surface area (Å²) in [5.74, 6) is -0.463. The molecule has 2 aromatic heterocycles. The van der Waals surface area contributed by atoms with E-state index in [1.807, 2.05) is 60.9 Å². The third-order valence-corrected chi connectivity index (χ3v) is 5.36. The van der Waals surface area contributed by atoms with Gasteiger partial charge in [0.05, 0.1) is 31.1 Å². The number of hydrogen-bond acceptors (Lipinski definition) is 5. The van der Waals surface area contributed by atoms with E-state index in [-0.39, 0.29) is 18.2 Å². The minimum absolute atomic E-state index is 0.199. The van der Waals surface area contributed by atoms with E-state index in [4.69, 9.17) is 4.74 Å². The van der Waals surface area contributed by atoms with Crippen LogP contribution in [0.4, 0.5) is 11.4 Å². The Balaban J connectivity index is 2.09. The van der Waals surface area contributed by atoms with E-state index in [2.05, 4.69) is 29.5 Å². The summed E-state index contributed by atoms with van der Waals surface area (Å²) in [6, 6.07) is 11.4. The van der Waals surface area contributed by atoms with Crippen LogP contribution < -0.4 is 10.6 Å². The zero-order valence-electron chi connectivity index (χ0n) is 19.9. The highest BCUT2D eigenvalue weighted by Gasteiger charge is 2.26. The standard InChI is InChI=1S/C26H32N4O3/c1-6-18(4)14-27-20-13-21-23(29-22(31)12-19-10-8-7-9-11-19)24(26(32)33-5)30(16-17(2)3)25(21)28-15-20/h6-11,13,15,17,27H,12,14,16H2,1-5H3,(H,29,31)/b18-6+. The van der Waals surface area contributed by atoms with E-state index in [1.165, 1.54) is 12.7 Å². The van der Waals surface area contributed by atoms with Crippen molar-refractivity contribution >= 4 is 34.3 Å². The number of carbonyl (C=O) groups excluding carboxylic acids is 2. The van der Waals surface area contributed by atoms with E-state index >= 15 is 0 Å². The predicted molar refractivity (Wildman–Crippen MR) is 133 cm³/mol. The number of fused-ring (bicyclic) bond motifs is 1. The number of hydrogen-bond donors (Lipinski definition) is 2. The Morgan fingerprint density at radius 3 is 2.58 bits per heavy atom. The molecule has 7 nitrogen and oxygen atoms in total. The molecular weight excluding hydrogens is 416 g/mol. The Bertz CT molecular complexity index is 1160. The monoisotopic (exact) mass is 448 g/mol. The Kier molecular flexibility index (Phi) is 7.87. The summed E-state index contributed by atoms with van der Waals surface area (Å²) in [5.41, 5.74) is 4.25. The lowest BCUT2D eigenvalue weighted by Crippen LogP contribution is -2.19. The summed E-state index contributed by atoms with van der Waals surface area (Å²) in [7, 11) is 1.34. The number of benzene rings is 1. The predicted octanol–water partition coefficient (Wildman–Crippen LogP) is 5.04. The molecule has 0 saturated carbocycles. The Labute approximate surface area is 194 Å². The smallest absolute Gasteiger partial charge is 0.356 e. The number of rotatable bonds is 9. The molecule has 1 aromatic carbocycles. The van der Waals surface area contributed by atoms with Gasteiger partial charge in [-0.25, -0.2) is 9.78 Å². The molecule has 2 N–H and O–H groups in total. The molecule has 0 radical (unpaired) electrons. The summed E-state index contributed by atoms with van der Waals surface area (Å²) in [6.45, 7) is 9.41. The summed E-state index contributed by atoms with van der Waals surface area (Å²) < 4.78 is 6.93. The molecule has 0 atom stereocenters. The number of ether oxygens (including phenoxy) is 1. The van der Waals surface area contributed by atoms with Crippen molar-refractivity contribution in [1.82, 2.24) is 9.55 Å². The molecule has 0 bridgehead atoms. The van der Waals surface area contributed by atoms with Gasteiger partial charge in [-0.1, -0.05) is 55.8 Å². The summed E-state index contributed by atoms with van der Waals surface area (Å²) >= 11 is 0. The first kappa shape index (κ1) is 24.0. The first-order valence-electron chi connectivity index (χ1n) is 11.1. The lowest BCUT2D eigenvalue weighted by Gasteiger charge is -2.12. The van der Waals surface area contributed by atoms with Gasteiger partial charge in [0.1, 0.15) is 5.65 Å². The molecule has 1 amide bonds. The van der Waals surface area contributed by atoms with Gasteiger partial charge in [0, 0.05) is 18.5 Å². The molecule has 0 aliphatic heterocycles. The number of nitrogens with one attached hydrogen (secondary N) is 2. The largest absolute Gasteiger partial charge is 0.464 e. The van der Waals surface area contributed by atoms with Crippen LogP contribution in [0.2, 0.25) is 0 Å². The van der Waals surface area contributed by atoms with Crippen LogP contribution >= 0.6 is 0 Å². The second-order valence-corrected chi connectivity index (χ2v) is 8.51. The summed E-state index contributed by atoms with van der Waals surface area (Å²) in [4.78, 5) is 30.4. The third-order valence-electron chi connectivity index (χ3n) is 5.36. The van der Waals surface area contributed by atoms with Gasteiger partial charge in [-0.05, 0) is 31.4 Å². The van der Waals surface area contributed by atoms with E-state index in [0.717, 1.165) is 11.3 Å². The molecule has 33 heavy (non-hydrogen) atoms. The third kappa shape index (κ3) is 5.80. The van der Waals surface area contributed by atoms with Crippen LogP contribution in [0.1, 0.15) is 43.7 Å². The molecule has 2 heterocycles. The zero-order chi connectivity index (χ0) is 24.0. The summed E-state index contributed by atoms with van der Waals surface area (Å²) in [6.07, 6.45) is 3.99. The van der Waals surface area contributed by atoms with Crippen molar-refractivity contribution in [2.24, 2.45) is 5.92 Å². The first-order valence-corrected chi connectivity index (χ1v) is 11.1. The van der Waals surface area contributed by atoms with Crippen LogP contribution in [0.3, 0.4) is 0 Å². The van der Waals surface area contributed by atoms with Gasteiger partial charge in [0.2, 0.25) is 5.91 Å². The number of carbonyl (C=O) groups is 2. The Morgan fingerprint density at radius 2 is 1.94 bits per heavy atom. The fourth-order valence-electron chi connectivity index (χ4n) is 3.61. The lowest BCUT2D eigenvalue weighted by atomic mass is 10.1. The number of pyridine rings is 1. The van der Waals surface area contributed by atoms with Gasteiger partial charge in [-0.3, -0.25) is 4.79 Å². The van der Waals surface area contributed by atoms with Crippen molar-refractivity contribution in [2.75, 3.05) is 24.3 Å². The van der Waals surface area contributed by atoms with Gasteiger partial charge < -0.3 is 19.9 Å². The highest BCUT2D eigenvalue weighted by Crippen LogP contribution is 2.33. The second-order valence-electron chi connectivity index (χ2n) is 8.51. The number of aromatic nitrogens is 2. The van der Waals surface area contributed by atoms with Crippen molar-refractivity contribution in [3.05, 3.63) is 65.5 Å². The van der Waals surface area contributed by atoms with Crippen LogP contribution in [0, 0.1) is 5.92 Å². The van der Waals surface area contributed by atoms with Crippen molar-refractivity contribution < 1.29 is 14.3 Å². The topological polar surface area (TPSA) is 85.2 Å². The Hall–Kier alpha value is -3.61. The first-order chi connectivity index (χ1) is 15.8.